The molecule has 0 aromatic heterocycles. The number of carbonyl (C=O) groups excluding carboxylic acids is 2. The van der Waals surface area contributed by atoms with Crippen molar-refractivity contribution in [3.05, 3.63) is 93.5 Å². The number of esters is 1. The van der Waals surface area contributed by atoms with Gasteiger partial charge in [0, 0.05) is 5.02 Å². The summed E-state index contributed by atoms with van der Waals surface area (Å²) in [4.78, 5) is 24.3. The van der Waals surface area contributed by atoms with E-state index >= 15 is 0 Å². The van der Waals surface area contributed by atoms with Crippen molar-refractivity contribution in [2.75, 3.05) is 6.61 Å². The first-order valence-electron chi connectivity index (χ1n) is 10.1. The molecule has 3 aromatic carbocycles. The molecular weight excluding hydrogens is 463 g/mol. The monoisotopic (exact) mass is 484 g/mol. The fraction of sp³-hybridized carbons (Fsp3) is 0.160. The Labute approximate surface area is 202 Å². The van der Waals surface area contributed by atoms with Crippen LogP contribution in [0.1, 0.15) is 41.3 Å². The van der Waals surface area contributed by atoms with E-state index in [-0.39, 0.29) is 17.2 Å². The standard InChI is InChI=1S/C25H22Cl2N2O4/c1-16(2)18-6-9-20(10-7-18)32-15-24(30)29-28-14-17-4-3-5-21(12-17)33-25(31)22-11-8-19(26)13-23(22)27/h3-14,16H,15H2,1-2H3,(H,29,30)/b28-14+. The van der Waals surface area contributed by atoms with Crippen molar-refractivity contribution in [1.29, 1.82) is 0 Å². The van der Waals surface area contributed by atoms with Gasteiger partial charge in [0.15, 0.2) is 6.61 Å². The number of benzene rings is 3. The van der Waals surface area contributed by atoms with E-state index in [4.69, 9.17) is 32.7 Å². The number of nitrogens with zero attached hydrogens (tertiary/aromatic N) is 1. The van der Waals surface area contributed by atoms with Crippen LogP contribution < -0.4 is 14.9 Å². The largest absolute Gasteiger partial charge is 0.484 e. The van der Waals surface area contributed by atoms with Crippen LogP contribution in [0.2, 0.25) is 10.0 Å². The summed E-state index contributed by atoms with van der Waals surface area (Å²) in [6.45, 7) is 4.05. The van der Waals surface area contributed by atoms with E-state index in [2.05, 4.69) is 24.4 Å². The molecule has 170 valence electrons. The maximum absolute atomic E-state index is 12.3. The summed E-state index contributed by atoms with van der Waals surface area (Å²) < 4.78 is 10.8. The summed E-state index contributed by atoms with van der Waals surface area (Å²) in [5.74, 6) is 0.314. The molecule has 8 heteroatoms. The molecule has 0 spiro atoms. The molecule has 0 aliphatic rings. The molecule has 0 saturated carbocycles. The van der Waals surface area contributed by atoms with Gasteiger partial charge in [-0.05, 0) is 59.5 Å². The van der Waals surface area contributed by atoms with E-state index < -0.39 is 11.9 Å². The second kappa shape index (κ2) is 11.5. The average molecular weight is 485 g/mol. The first kappa shape index (κ1) is 24.3. The van der Waals surface area contributed by atoms with Gasteiger partial charge in [-0.3, -0.25) is 4.79 Å². The summed E-state index contributed by atoms with van der Waals surface area (Å²) in [5, 5.41) is 4.54. The molecule has 3 rings (SSSR count). The minimum absolute atomic E-state index is 0.169. The SMILES string of the molecule is CC(C)c1ccc(OCC(=O)N/N=C/c2cccc(OC(=O)c3ccc(Cl)cc3Cl)c2)cc1. The molecule has 0 bridgehead atoms. The van der Waals surface area contributed by atoms with Crippen molar-refractivity contribution in [1.82, 2.24) is 5.43 Å². The lowest BCUT2D eigenvalue weighted by molar-refractivity contribution is -0.123. The number of carbonyl (C=O) groups is 2. The van der Waals surface area contributed by atoms with Gasteiger partial charge in [-0.2, -0.15) is 5.10 Å². The Morgan fingerprint density at radius 3 is 2.45 bits per heavy atom. The van der Waals surface area contributed by atoms with E-state index in [1.165, 1.54) is 23.9 Å². The number of nitrogens with one attached hydrogen (secondary N) is 1. The van der Waals surface area contributed by atoms with Gasteiger partial charge in [-0.25, -0.2) is 10.2 Å². The third-order valence-corrected chi connectivity index (χ3v) is 5.09. The summed E-state index contributed by atoms with van der Waals surface area (Å²) >= 11 is 11.9. The normalized spacial score (nSPS) is 10.9. The number of amides is 1. The molecule has 0 aliphatic carbocycles. The minimum Gasteiger partial charge on any atom is -0.484 e. The van der Waals surface area contributed by atoms with Crippen LogP contribution in [-0.4, -0.2) is 24.7 Å². The third-order valence-electron chi connectivity index (χ3n) is 4.54. The van der Waals surface area contributed by atoms with Gasteiger partial charge < -0.3 is 9.47 Å². The fourth-order valence-corrected chi connectivity index (χ4v) is 3.27. The molecule has 33 heavy (non-hydrogen) atoms. The molecule has 0 radical (unpaired) electrons. The minimum atomic E-state index is -0.613. The first-order chi connectivity index (χ1) is 15.8. The zero-order valence-corrected chi connectivity index (χ0v) is 19.6. The van der Waals surface area contributed by atoms with Crippen molar-refractivity contribution >= 4 is 41.3 Å². The summed E-state index contributed by atoms with van der Waals surface area (Å²) in [5.41, 5.74) is 4.41. The zero-order valence-electron chi connectivity index (χ0n) is 18.0. The van der Waals surface area contributed by atoms with Crippen molar-refractivity contribution < 1.29 is 19.1 Å². The Morgan fingerprint density at radius 1 is 1.00 bits per heavy atom. The van der Waals surface area contributed by atoms with Crippen LogP contribution in [0.25, 0.3) is 0 Å². The van der Waals surface area contributed by atoms with Crippen LogP contribution in [0.4, 0.5) is 0 Å². The number of rotatable bonds is 8. The highest BCUT2D eigenvalue weighted by atomic mass is 35.5. The Balaban J connectivity index is 1.51. The summed E-state index contributed by atoms with van der Waals surface area (Å²) in [7, 11) is 0. The van der Waals surface area contributed by atoms with Gasteiger partial charge in [-0.15, -0.1) is 0 Å². The third kappa shape index (κ3) is 7.34. The number of halogens is 2. The molecule has 0 unspecified atom stereocenters. The number of hydrogen-bond acceptors (Lipinski definition) is 5. The number of hydrazone groups is 1. The van der Waals surface area contributed by atoms with E-state index in [1.807, 2.05) is 24.3 Å². The quantitative estimate of drug-likeness (QED) is 0.188. The highest BCUT2D eigenvalue weighted by molar-refractivity contribution is 6.36. The lowest BCUT2D eigenvalue weighted by Gasteiger charge is -2.08. The fourth-order valence-electron chi connectivity index (χ4n) is 2.78. The molecule has 0 atom stereocenters. The Kier molecular flexibility index (Phi) is 8.46. The van der Waals surface area contributed by atoms with Crippen molar-refractivity contribution in [3.63, 3.8) is 0 Å². The highest BCUT2D eigenvalue weighted by Gasteiger charge is 2.13. The second-order valence-corrected chi connectivity index (χ2v) is 8.24. The average Bonchev–Trinajstić information content (AvgIpc) is 2.78. The molecule has 1 amide bonds. The zero-order chi connectivity index (χ0) is 23.8. The van der Waals surface area contributed by atoms with Crippen molar-refractivity contribution in [3.8, 4) is 11.5 Å². The molecule has 0 saturated heterocycles. The van der Waals surface area contributed by atoms with Gasteiger partial charge in [0.05, 0.1) is 16.8 Å². The molecule has 6 nitrogen and oxygen atoms in total. The highest BCUT2D eigenvalue weighted by Crippen LogP contribution is 2.23. The van der Waals surface area contributed by atoms with Crippen LogP contribution in [0, 0.1) is 0 Å². The molecule has 1 N–H and O–H groups in total. The van der Waals surface area contributed by atoms with Crippen LogP contribution in [0.3, 0.4) is 0 Å². The Morgan fingerprint density at radius 2 is 1.76 bits per heavy atom. The molecule has 0 aliphatic heterocycles. The van der Waals surface area contributed by atoms with E-state index in [0.29, 0.717) is 28.0 Å². The van der Waals surface area contributed by atoms with Crippen LogP contribution >= 0.6 is 23.2 Å². The maximum Gasteiger partial charge on any atom is 0.345 e. The van der Waals surface area contributed by atoms with E-state index in [9.17, 15) is 9.59 Å². The van der Waals surface area contributed by atoms with Crippen LogP contribution in [-0.2, 0) is 4.79 Å². The predicted octanol–water partition coefficient (Wildman–Crippen LogP) is 5.87. The molecular formula is C25H22Cl2N2O4. The van der Waals surface area contributed by atoms with Crippen molar-refractivity contribution in [2.45, 2.75) is 19.8 Å². The lowest BCUT2D eigenvalue weighted by atomic mass is 10.0. The number of ether oxygens (including phenoxy) is 2. The van der Waals surface area contributed by atoms with Gasteiger partial charge in [0.25, 0.3) is 5.91 Å². The van der Waals surface area contributed by atoms with Crippen LogP contribution in [0.15, 0.2) is 71.8 Å². The Bertz CT molecular complexity index is 1160. The lowest BCUT2D eigenvalue weighted by Crippen LogP contribution is -2.24. The molecule has 0 fully saturated rings. The maximum atomic E-state index is 12.3. The van der Waals surface area contributed by atoms with Gasteiger partial charge >= 0.3 is 5.97 Å². The van der Waals surface area contributed by atoms with Crippen LogP contribution in [0.5, 0.6) is 11.5 Å². The predicted molar refractivity (Wildman–Crippen MR) is 130 cm³/mol. The molecule has 3 aromatic rings. The first-order valence-corrected chi connectivity index (χ1v) is 10.9. The number of hydrogen-bond donors (Lipinski definition) is 1. The Hall–Kier alpha value is -3.35. The second-order valence-electron chi connectivity index (χ2n) is 7.39. The van der Waals surface area contributed by atoms with E-state index in [0.717, 1.165) is 0 Å². The summed E-state index contributed by atoms with van der Waals surface area (Å²) in [6.07, 6.45) is 1.43. The molecule has 0 heterocycles. The van der Waals surface area contributed by atoms with E-state index in [1.54, 1.807) is 30.3 Å². The van der Waals surface area contributed by atoms with Gasteiger partial charge in [0.2, 0.25) is 0 Å². The van der Waals surface area contributed by atoms with Gasteiger partial charge in [-0.1, -0.05) is 61.3 Å². The smallest absolute Gasteiger partial charge is 0.345 e. The summed E-state index contributed by atoms with van der Waals surface area (Å²) in [6, 6.07) is 18.8. The van der Waals surface area contributed by atoms with Crippen molar-refractivity contribution in [2.24, 2.45) is 5.10 Å². The topological polar surface area (TPSA) is 77.0 Å². The van der Waals surface area contributed by atoms with Gasteiger partial charge in [0.1, 0.15) is 11.5 Å².